The molecule has 1 saturated heterocycles. The quantitative estimate of drug-likeness (QED) is 0.919. The van der Waals surface area contributed by atoms with E-state index in [-0.39, 0.29) is 5.82 Å². The minimum absolute atomic E-state index is 0.168. The fourth-order valence-corrected chi connectivity index (χ4v) is 3.12. The second-order valence-corrected chi connectivity index (χ2v) is 6.85. The highest BCUT2D eigenvalue weighted by molar-refractivity contribution is 5.45. The van der Waals surface area contributed by atoms with Gasteiger partial charge < -0.3 is 10.2 Å². The summed E-state index contributed by atoms with van der Waals surface area (Å²) in [5, 5.41) is 3.28. The molecule has 1 fully saturated rings. The highest BCUT2D eigenvalue weighted by atomic mass is 19.1. The van der Waals surface area contributed by atoms with Gasteiger partial charge in [0.2, 0.25) is 0 Å². The first kappa shape index (κ1) is 16.2. The van der Waals surface area contributed by atoms with Gasteiger partial charge in [0.1, 0.15) is 0 Å². The van der Waals surface area contributed by atoms with Gasteiger partial charge >= 0.3 is 0 Å². The summed E-state index contributed by atoms with van der Waals surface area (Å²) >= 11 is 0. The molecule has 0 bridgehead atoms. The van der Waals surface area contributed by atoms with Crippen molar-refractivity contribution in [1.82, 2.24) is 10.3 Å². The predicted molar refractivity (Wildman–Crippen MR) is 85.9 cm³/mol. The molecule has 21 heavy (non-hydrogen) atoms. The molecule has 0 spiro atoms. The summed E-state index contributed by atoms with van der Waals surface area (Å²) in [5.74, 6) is 1.49. The number of pyridine rings is 1. The highest BCUT2D eigenvalue weighted by Crippen LogP contribution is 2.32. The van der Waals surface area contributed by atoms with Crippen LogP contribution >= 0.6 is 0 Å². The van der Waals surface area contributed by atoms with Gasteiger partial charge in [-0.3, -0.25) is 0 Å². The van der Waals surface area contributed by atoms with Gasteiger partial charge in [-0.25, -0.2) is 9.37 Å². The zero-order valence-corrected chi connectivity index (χ0v) is 13.9. The number of nitrogens with zero attached hydrogens (tertiary/aromatic N) is 2. The molecule has 1 aromatic heterocycles. The van der Waals surface area contributed by atoms with Gasteiger partial charge in [-0.15, -0.1) is 0 Å². The number of anilines is 1. The Morgan fingerprint density at radius 1 is 1.38 bits per heavy atom. The van der Waals surface area contributed by atoms with Gasteiger partial charge in [-0.1, -0.05) is 27.7 Å². The molecule has 0 radical (unpaired) electrons. The van der Waals surface area contributed by atoms with Crippen molar-refractivity contribution in [3.8, 4) is 0 Å². The summed E-state index contributed by atoms with van der Waals surface area (Å²) in [6.07, 6.45) is 2.93. The summed E-state index contributed by atoms with van der Waals surface area (Å²) in [4.78, 5) is 6.48. The van der Waals surface area contributed by atoms with Crippen LogP contribution in [0.25, 0.3) is 0 Å². The molecule has 3 unspecified atom stereocenters. The maximum absolute atomic E-state index is 14.8. The van der Waals surface area contributed by atoms with Crippen molar-refractivity contribution in [1.29, 1.82) is 0 Å². The van der Waals surface area contributed by atoms with Crippen molar-refractivity contribution >= 4 is 5.82 Å². The van der Waals surface area contributed by atoms with Gasteiger partial charge in [-0.2, -0.15) is 0 Å². The fraction of sp³-hybridized carbons (Fsp3) is 0.706. The molecule has 3 nitrogen and oxygen atoms in total. The lowest BCUT2D eigenvalue weighted by Gasteiger charge is -2.42. The van der Waals surface area contributed by atoms with E-state index in [2.05, 4.69) is 49.8 Å². The molecular formula is C17H28FN3. The molecule has 0 aliphatic carbocycles. The summed E-state index contributed by atoms with van der Waals surface area (Å²) in [6, 6.07) is 2.45. The first-order valence-corrected chi connectivity index (χ1v) is 8.03. The van der Waals surface area contributed by atoms with Crippen LogP contribution in [0.2, 0.25) is 0 Å². The molecule has 1 aliphatic rings. The standard InChI is InChI=1S/C17H28FN3/c1-11(2)20-9-15-6-7-19-17(16(15)18)21-10-12(3)8-13(4)14(21)5/h6-7,11-14,20H,8-10H2,1-5H3. The Kier molecular flexibility index (Phi) is 5.20. The summed E-state index contributed by atoms with van der Waals surface area (Å²) in [6.45, 7) is 12.2. The van der Waals surface area contributed by atoms with Gasteiger partial charge in [0.05, 0.1) is 0 Å². The molecule has 2 rings (SSSR count). The minimum Gasteiger partial charge on any atom is -0.351 e. The first-order chi connectivity index (χ1) is 9.90. The van der Waals surface area contributed by atoms with E-state index < -0.39 is 0 Å². The second-order valence-electron chi connectivity index (χ2n) is 6.85. The van der Waals surface area contributed by atoms with Crippen molar-refractivity contribution in [3.05, 3.63) is 23.6 Å². The number of rotatable bonds is 4. The normalized spacial score (nSPS) is 26.4. The Morgan fingerprint density at radius 2 is 2.10 bits per heavy atom. The van der Waals surface area contributed by atoms with E-state index in [0.29, 0.717) is 41.8 Å². The van der Waals surface area contributed by atoms with E-state index in [9.17, 15) is 4.39 Å². The van der Waals surface area contributed by atoms with Crippen LogP contribution in [0.4, 0.5) is 10.2 Å². The second kappa shape index (κ2) is 6.73. The number of aromatic nitrogens is 1. The number of nitrogens with one attached hydrogen (secondary N) is 1. The highest BCUT2D eigenvalue weighted by Gasteiger charge is 2.31. The van der Waals surface area contributed by atoms with Gasteiger partial charge in [0.15, 0.2) is 11.6 Å². The smallest absolute Gasteiger partial charge is 0.170 e. The molecule has 0 saturated carbocycles. The largest absolute Gasteiger partial charge is 0.351 e. The van der Waals surface area contributed by atoms with E-state index in [1.165, 1.54) is 6.42 Å². The third-order valence-corrected chi connectivity index (χ3v) is 4.52. The van der Waals surface area contributed by atoms with E-state index in [4.69, 9.17) is 0 Å². The van der Waals surface area contributed by atoms with Crippen LogP contribution in [0, 0.1) is 17.7 Å². The Balaban J connectivity index is 2.24. The molecule has 1 aromatic rings. The molecular weight excluding hydrogens is 265 g/mol. The number of hydrogen-bond donors (Lipinski definition) is 1. The zero-order chi connectivity index (χ0) is 15.6. The SMILES string of the molecule is CC1CC(C)C(C)N(c2nccc(CNC(C)C)c2F)C1. The van der Waals surface area contributed by atoms with Crippen LogP contribution in [0.15, 0.2) is 12.3 Å². The molecule has 3 atom stereocenters. The lowest BCUT2D eigenvalue weighted by Crippen LogP contribution is -2.46. The topological polar surface area (TPSA) is 28.2 Å². The van der Waals surface area contributed by atoms with Crippen LogP contribution < -0.4 is 10.2 Å². The molecule has 0 aromatic carbocycles. The van der Waals surface area contributed by atoms with Crippen molar-refractivity contribution in [2.45, 2.75) is 59.7 Å². The Bertz CT molecular complexity index is 475. The number of halogens is 1. The third-order valence-electron chi connectivity index (χ3n) is 4.52. The zero-order valence-electron chi connectivity index (χ0n) is 13.9. The summed E-state index contributed by atoms with van der Waals surface area (Å²) in [7, 11) is 0. The molecule has 1 aliphatic heterocycles. The average molecular weight is 293 g/mol. The Labute approximate surface area is 127 Å². The van der Waals surface area contributed by atoms with Gasteiger partial charge in [0.25, 0.3) is 0 Å². The van der Waals surface area contributed by atoms with Gasteiger partial charge in [0, 0.05) is 36.9 Å². The predicted octanol–water partition coefficient (Wildman–Crippen LogP) is 3.59. The molecule has 0 amide bonds. The molecule has 1 N–H and O–H groups in total. The van der Waals surface area contributed by atoms with E-state index in [0.717, 1.165) is 6.54 Å². The maximum Gasteiger partial charge on any atom is 0.170 e. The van der Waals surface area contributed by atoms with Crippen molar-refractivity contribution in [3.63, 3.8) is 0 Å². The van der Waals surface area contributed by atoms with Crippen molar-refractivity contribution in [2.75, 3.05) is 11.4 Å². The van der Waals surface area contributed by atoms with Crippen molar-refractivity contribution in [2.24, 2.45) is 11.8 Å². The number of hydrogen-bond acceptors (Lipinski definition) is 3. The fourth-order valence-electron chi connectivity index (χ4n) is 3.12. The van der Waals surface area contributed by atoms with Crippen LogP contribution in [0.5, 0.6) is 0 Å². The summed E-state index contributed by atoms with van der Waals surface area (Å²) < 4.78 is 14.8. The van der Waals surface area contributed by atoms with Crippen molar-refractivity contribution < 1.29 is 4.39 Å². The Hall–Kier alpha value is -1.16. The molecule has 118 valence electrons. The van der Waals surface area contributed by atoms with Crippen LogP contribution in [0.1, 0.15) is 46.6 Å². The molecule has 2 heterocycles. The van der Waals surface area contributed by atoms with E-state index in [1.807, 2.05) is 0 Å². The maximum atomic E-state index is 14.8. The number of piperidine rings is 1. The van der Waals surface area contributed by atoms with E-state index in [1.54, 1.807) is 12.3 Å². The van der Waals surface area contributed by atoms with Crippen LogP contribution in [-0.2, 0) is 6.54 Å². The minimum atomic E-state index is -0.168. The first-order valence-electron chi connectivity index (χ1n) is 8.03. The monoisotopic (exact) mass is 293 g/mol. The van der Waals surface area contributed by atoms with Gasteiger partial charge in [-0.05, 0) is 31.2 Å². The van der Waals surface area contributed by atoms with Crippen LogP contribution in [-0.4, -0.2) is 23.6 Å². The lowest BCUT2D eigenvalue weighted by atomic mass is 9.86. The lowest BCUT2D eigenvalue weighted by molar-refractivity contribution is 0.293. The molecule has 4 heteroatoms. The average Bonchev–Trinajstić information content (AvgIpc) is 2.42. The van der Waals surface area contributed by atoms with E-state index >= 15 is 0 Å². The van der Waals surface area contributed by atoms with Crippen LogP contribution in [0.3, 0.4) is 0 Å². The third kappa shape index (κ3) is 3.73. The summed E-state index contributed by atoms with van der Waals surface area (Å²) in [5.41, 5.74) is 0.701. The Morgan fingerprint density at radius 3 is 2.76 bits per heavy atom.